The van der Waals surface area contributed by atoms with Crippen LogP contribution in [0.25, 0.3) is 5.69 Å². The van der Waals surface area contributed by atoms with Crippen LogP contribution in [0.1, 0.15) is 46.0 Å². The highest BCUT2D eigenvalue weighted by Gasteiger charge is 2.16. The molecule has 0 saturated carbocycles. The number of nitrogens with zero attached hydrogens (tertiary/aromatic N) is 1. The summed E-state index contributed by atoms with van der Waals surface area (Å²) in [6.07, 6.45) is 3.99. The molecule has 0 radical (unpaired) electrons. The van der Waals surface area contributed by atoms with E-state index in [1.165, 1.54) is 0 Å². The average Bonchev–Trinajstić information content (AvgIpc) is 3.47. The smallest absolute Gasteiger partial charge is 0.287 e. The van der Waals surface area contributed by atoms with E-state index in [1.54, 1.807) is 12.1 Å². The number of carbonyl (C=O) groups is 1. The Morgan fingerprint density at radius 1 is 1.03 bits per heavy atom. The molecule has 0 aliphatic carbocycles. The van der Waals surface area contributed by atoms with Crippen molar-refractivity contribution in [3.8, 4) is 11.4 Å². The largest absolute Gasteiger partial charge is 0.485 e. The molecule has 1 atom stereocenters. The quantitative estimate of drug-likeness (QED) is 0.418. The zero-order valence-electron chi connectivity index (χ0n) is 18.0. The monoisotopic (exact) mass is 414 g/mol. The van der Waals surface area contributed by atoms with E-state index in [1.807, 2.05) is 86.3 Å². The summed E-state index contributed by atoms with van der Waals surface area (Å²) in [5.74, 6) is 1.44. The van der Waals surface area contributed by atoms with Crippen molar-refractivity contribution in [3.63, 3.8) is 0 Å². The van der Waals surface area contributed by atoms with Crippen LogP contribution >= 0.6 is 0 Å². The fourth-order valence-corrected chi connectivity index (χ4v) is 3.40. The Hall–Kier alpha value is -3.73. The van der Waals surface area contributed by atoms with Crippen molar-refractivity contribution >= 4 is 5.91 Å². The van der Waals surface area contributed by atoms with Crippen LogP contribution in [0.15, 0.2) is 83.5 Å². The molecule has 2 heterocycles. The first-order chi connectivity index (χ1) is 15.0. The van der Waals surface area contributed by atoms with Crippen LogP contribution in [0.5, 0.6) is 5.75 Å². The molecule has 2 aromatic carbocycles. The number of ether oxygens (including phenoxy) is 1. The van der Waals surface area contributed by atoms with Crippen LogP contribution in [-0.4, -0.2) is 10.5 Å². The van der Waals surface area contributed by atoms with E-state index in [0.717, 1.165) is 28.1 Å². The lowest BCUT2D eigenvalue weighted by Gasteiger charge is -2.15. The summed E-state index contributed by atoms with van der Waals surface area (Å²) in [7, 11) is 0. The normalized spacial score (nSPS) is 11.8. The van der Waals surface area contributed by atoms with Crippen LogP contribution in [0, 0.1) is 13.8 Å². The molecule has 0 saturated heterocycles. The Bertz CT molecular complexity index is 1180. The van der Waals surface area contributed by atoms with Gasteiger partial charge in [-0.3, -0.25) is 4.79 Å². The van der Waals surface area contributed by atoms with Gasteiger partial charge in [-0.15, -0.1) is 0 Å². The van der Waals surface area contributed by atoms with Crippen molar-refractivity contribution in [2.75, 3.05) is 0 Å². The summed E-state index contributed by atoms with van der Waals surface area (Å²) >= 11 is 0. The molecule has 2 aromatic heterocycles. The first-order valence-corrected chi connectivity index (χ1v) is 10.3. The molecule has 0 bridgehead atoms. The second-order valence-electron chi connectivity index (χ2n) is 7.70. The van der Waals surface area contributed by atoms with Crippen LogP contribution in [-0.2, 0) is 6.61 Å². The third kappa shape index (κ3) is 4.89. The fourth-order valence-electron chi connectivity index (χ4n) is 3.40. The van der Waals surface area contributed by atoms with Gasteiger partial charge in [-0.25, -0.2) is 0 Å². The molecule has 1 unspecified atom stereocenters. The van der Waals surface area contributed by atoms with Crippen molar-refractivity contribution in [3.05, 3.63) is 107 Å². The zero-order valence-corrected chi connectivity index (χ0v) is 18.0. The SMILES string of the molecule is Cc1ccc(C)c(OCc2ccc(C(=O)NC(C)c3cccc(-n4cccc4)c3)o2)c1. The molecule has 4 aromatic rings. The van der Waals surface area contributed by atoms with Gasteiger partial charge in [-0.2, -0.15) is 0 Å². The second kappa shape index (κ2) is 8.96. The minimum Gasteiger partial charge on any atom is -0.485 e. The highest BCUT2D eigenvalue weighted by Crippen LogP contribution is 2.22. The van der Waals surface area contributed by atoms with E-state index in [-0.39, 0.29) is 24.3 Å². The summed E-state index contributed by atoms with van der Waals surface area (Å²) in [5.41, 5.74) is 4.26. The topological polar surface area (TPSA) is 56.4 Å². The van der Waals surface area contributed by atoms with Crippen LogP contribution in [0.4, 0.5) is 0 Å². The Kier molecular flexibility index (Phi) is 5.94. The molecule has 0 aliphatic rings. The maximum Gasteiger partial charge on any atom is 0.287 e. The number of furan rings is 1. The van der Waals surface area contributed by atoms with Gasteiger partial charge < -0.3 is 19.0 Å². The highest BCUT2D eigenvalue weighted by atomic mass is 16.5. The lowest BCUT2D eigenvalue weighted by atomic mass is 10.1. The van der Waals surface area contributed by atoms with Gasteiger partial charge in [0.2, 0.25) is 0 Å². The number of rotatable bonds is 7. The molecular weight excluding hydrogens is 388 g/mol. The van der Waals surface area contributed by atoms with E-state index in [2.05, 4.69) is 11.4 Å². The van der Waals surface area contributed by atoms with Gasteiger partial charge in [0.1, 0.15) is 18.1 Å². The van der Waals surface area contributed by atoms with Gasteiger partial charge in [0.15, 0.2) is 5.76 Å². The van der Waals surface area contributed by atoms with Gasteiger partial charge in [-0.05, 0) is 79.9 Å². The minimum atomic E-state index is -0.253. The molecule has 158 valence electrons. The standard InChI is InChI=1S/C26H26N2O3/c1-18-9-10-19(2)25(15-18)30-17-23-11-12-24(31-23)26(29)27-20(3)21-7-6-8-22(16-21)28-13-4-5-14-28/h4-16,20H,17H2,1-3H3,(H,27,29). The van der Waals surface area contributed by atoms with Crippen molar-refractivity contribution in [2.24, 2.45) is 0 Å². The van der Waals surface area contributed by atoms with Crippen molar-refractivity contribution in [1.82, 2.24) is 9.88 Å². The first-order valence-electron chi connectivity index (χ1n) is 10.3. The zero-order chi connectivity index (χ0) is 21.8. The number of hydrogen-bond donors (Lipinski definition) is 1. The molecule has 31 heavy (non-hydrogen) atoms. The maximum absolute atomic E-state index is 12.7. The summed E-state index contributed by atoms with van der Waals surface area (Å²) in [4.78, 5) is 12.7. The lowest BCUT2D eigenvalue weighted by Crippen LogP contribution is -2.26. The number of hydrogen-bond acceptors (Lipinski definition) is 3. The Morgan fingerprint density at radius 3 is 2.65 bits per heavy atom. The van der Waals surface area contributed by atoms with Gasteiger partial charge in [-0.1, -0.05) is 24.3 Å². The van der Waals surface area contributed by atoms with E-state index in [0.29, 0.717) is 5.76 Å². The number of nitrogens with one attached hydrogen (secondary N) is 1. The predicted molar refractivity (Wildman–Crippen MR) is 121 cm³/mol. The number of aromatic nitrogens is 1. The summed E-state index contributed by atoms with van der Waals surface area (Å²) in [6.45, 7) is 6.26. The molecule has 5 nitrogen and oxygen atoms in total. The first kappa shape index (κ1) is 20.5. The molecular formula is C26H26N2O3. The van der Waals surface area contributed by atoms with E-state index < -0.39 is 0 Å². The Balaban J connectivity index is 1.39. The minimum absolute atomic E-state index is 0.164. The lowest BCUT2D eigenvalue weighted by molar-refractivity contribution is 0.0907. The van der Waals surface area contributed by atoms with E-state index >= 15 is 0 Å². The Labute approximate surface area is 182 Å². The maximum atomic E-state index is 12.7. The highest BCUT2D eigenvalue weighted by molar-refractivity contribution is 5.91. The van der Waals surface area contributed by atoms with Gasteiger partial charge in [0, 0.05) is 18.1 Å². The molecule has 0 fully saturated rings. The van der Waals surface area contributed by atoms with Gasteiger partial charge in [0.05, 0.1) is 6.04 Å². The van der Waals surface area contributed by atoms with Crippen molar-refractivity contribution < 1.29 is 13.9 Å². The fraction of sp³-hybridized carbons (Fsp3) is 0.192. The third-order valence-corrected chi connectivity index (χ3v) is 5.22. The number of benzene rings is 2. The van der Waals surface area contributed by atoms with Crippen molar-refractivity contribution in [1.29, 1.82) is 0 Å². The summed E-state index contributed by atoms with van der Waals surface area (Å²) < 4.78 is 13.6. The molecule has 0 spiro atoms. The van der Waals surface area contributed by atoms with Gasteiger partial charge >= 0.3 is 0 Å². The number of aryl methyl sites for hydroxylation is 2. The molecule has 4 rings (SSSR count). The molecule has 0 aliphatic heterocycles. The second-order valence-corrected chi connectivity index (χ2v) is 7.70. The van der Waals surface area contributed by atoms with E-state index in [4.69, 9.17) is 9.15 Å². The van der Waals surface area contributed by atoms with Crippen LogP contribution in [0.2, 0.25) is 0 Å². The summed E-state index contributed by atoms with van der Waals surface area (Å²) in [5, 5.41) is 3.01. The van der Waals surface area contributed by atoms with Gasteiger partial charge in [0.25, 0.3) is 5.91 Å². The van der Waals surface area contributed by atoms with Crippen molar-refractivity contribution in [2.45, 2.75) is 33.4 Å². The Morgan fingerprint density at radius 2 is 1.84 bits per heavy atom. The van der Waals surface area contributed by atoms with E-state index in [9.17, 15) is 4.79 Å². The van der Waals surface area contributed by atoms with Crippen LogP contribution in [0.3, 0.4) is 0 Å². The average molecular weight is 415 g/mol. The number of carbonyl (C=O) groups excluding carboxylic acids is 1. The van der Waals surface area contributed by atoms with Crippen LogP contribution < -0.4 is 10.1 Å². The molecule has 1 N–H and O–H groups in total. The summed E-state index contributed by atoms with van der Waals surface area (Å²) in [6, 6.07) is 21.4. The number of amides is 1. The molecule has 5 heteroatoms. The third-order valence-electron chi connectivity index (χ3n) is 5.22. The molecule has 1 amide bonds. The predicted octanol–water partition coefficient (Wildman–Crippen LogP) is 5.76.